The maximum atomic E-state index is 12.6. The summed E-state index contributed by atoms with van der Waals surface area (Å²) in [6.07, 6.45) is 1.92. The summed E-state index contributed by atoms with van der Waals surface area (Å²) in [4.78, 5) is 12.3. The minimum atomic E-state index is -3.69. The lowest BCUT2D eigenvalue weighted by molar-refractivity contribution is -0.122. The molecule has 1 fully saturated rings. The maximum Gasteiger partial charge on any atom is 0.243 e. The number of ether oxygens (including phenoxy) is 1. The Hall–Kier alpha value is -1.44. The van der Waals surface area contributed by atoms with Gasteiger partial charge in [0.15, 0.2) is 0 Å². The molecule has 1 heterocycles. The van der Waals surface area contributed by atoms with Gasteiger partial charge >= 0.3 is 0 Å². The Morgan fingerprint density at radius 3 is 2.67 bits per heavy atom. The van der Waals surface area contributed by atoms with Crippen molar-refractivity contribution in [2.24, 2.45) is 0 Å². The summed E-state index contributed by atoms with van der Waals surface area (Å²) in [5.41, 5.74) is 1.93. The number of amides is 1. The number of benzene rings is 1. The molecule has 1 amide bonds. The SMILES string of the molecule is Cc1ccc(S(=O)(=O)N(C)CC(=O)NC(C)C2CCCO2)cc1C. The second-order valence-electron chi connectivity index (χ2n) is 6.41. The number of carbonyl (C=O) groups excluding carboxylic acids is 1. The quantitative estimate of drug-likeness (QED) is 0.842. The minimum absolute atomic E-state index is 0.00983. The number of likely N-dealkylation sites (N-methyl/N-ethyl adjacent to an activating group) is 1. The fourth-order valence-electron chi connectivity index (χ4n) is 2.73. The second kappa shape index (κ2) is 7.63. The lowest BCUT2D eigenvalue weighted by Crippen LogP contribution is -2.45. The molecule has 6 nitrogen and oxygen atoms in total. The average Bonchev–Trinajstić information content (AvgIpc) is 3.04. The Kier molecular flexibility index (Phi) is 6.01. The molecule has 1 aliphatic heterocycles. The van der Waals surface area contributed by atoms with Gasteiger partial charge in [0.05, 0.1) is 23.6 Å². The van der Waals surface area contributed by atoms with Crippen LogP contribution in [0.5, 0.6) is 0 Å². The Bertz CT molecular complexity index is 697. The van der Waals surface area contributed by atoms with Gasteiger partial charge in [-0.2, -0.15) is 4.31 Å². The van der Waals surface area contributed by atoms with E-state index in [0.717, 1.165) is 28.3 Å². The van der Waals surface area contributed by atoms with Crippen LogP contribution in [-0.4, -0.2) is 51.0 Å². The predicted molar refractivity (Wildman–Crippen MR) is 92.3 cm³/mol. The van der Waals surface area contributed by atoms with Crippen LogP contribution in [0.4, 0.5) is 0 Å². The predicted octanol–water partition coefficient (Wildman–Crippen LogP) is 1.61. The molecule has 1 aromatic rings. The van der Waals surface area contributed by atoms with Crippen molar-refractivity contribution in [2.75, 3.05) is 20.2 Å². The molecule has 0 radical (unpaired) electrons. The number of sulfonamides is 1. The lowest BCUT2D eigenvalue weighted by atomic mass is 10.1. The molecule has 2 atom stereocenters. The van der Waals surface area contributed by atoms with Crippen LogP contribution in [0.15, 0.2) is 23.1 Å². The molecule has 0 aliphatic carbocycles. The lowest BCUT2D eigenvalue weighted by Gasteiger charge is -2.22. The normalized spacial score (nSPS) is 19.5. The van der Waals surface area contributed by atoms with E-state index >= 15 is 0 Å². The van der Waals surface area contributed by atoms with Crippen LogP contribution >= 0.6 is 0 Å². The molecular weight excluding hydrogens is 328 g/mol. The van der Waals surface area contributed by atoms with Gasteiger partial charge in [-0.05, 0) is 56.9 Å². The molecule has 24 heavy (non-hydrogen) atoms. The number of hydrogen-bond acceptors (Lipinski definition) is 4. The summed E-state index contributed by atoms with van der Waals surface area (Å²) in [7, 11) is -2.27. The summed E-state index contributed by atoms with van der Waals surface area (Å²) >= 11 is 0. The van der Waals surface area contributed by atoms with Crippen LogP contribution in [0.25, 0.3) is 0 Å². The molecule has 134 valence electrons. The first-order chi connectivity index (χ1) is 11.2. The van der Waals surface area contributed by atoms with Crippen molar-refractivity contribution in [3.05, 3.63) is 29.3 Å². The Balaban J connectivity index is 2.00. The Labute approximate surface area is 144 Å². The van der Waals surface area contributed by atoms with Crippen LogP contribution in [0.1, 0.15) is 30.9 Å². The topological polar surface area (TPSA) is 75.7 Å². The van der Waals surface area contributed by atoms with Gasteiger partial charge in [-0.15, -0.1) is 0 Å². The van der Waals surface area contributed by atoms with Crippen LogP contribution in [0.2, 0.25) is 0 Å². The second-order valence-corrected chi connectivity index (χ2v) is 8.46. The molecule has 7 heteroatoms. The highest BCUT2D eigenvalue weighted by Crippen LogP contribution is 2.18. The summed E-state index contributed by atoms with van der Waals surface area (Å²) in [6, 6.07) is 4.85. The molecule has 1 N–H and O–H groups in total. The van der Waals surface area contributed by atoms with Gasteiger partial charge in [0, 0.05) is 13.7 Å². The molecule has 0 bridgehead atoms. The van der Waals surface area contributed by atoms with Gasteiger partial charge in [0.2, 0.25) is 15.9 Å². The molecule has 1 aromatic carbocycles. The maximum absolute atomic E-state index is 12.6. The standard InChI is InChI=1S/C17H26N2O4S/c1-12-7-8-15(10-13(12)2)24(21,22)19(4)11-17(20)18-14(3)16-6-5-9-23-16/h7-8,10,14,16H,5-6,9,11H2,1-4H3,(H,18,20). The van der Waals surface area contributed by atoms with Gasteiger partial charge in [0.25, 0.3) is 0 Å². The van der Waals surface area contributed by atoms with Crippen LogP contribution in [0.3, 0.4) is 0 Å². The van der Waals surface area contributed by atoms with E-state index in [-0.39, 0.29) is 29.5 Å². The van der Waals surface area contributed by atoms with Crippen molar-refractivity contribution in [2.45, 2.75) is 50.7 Å². The zero-order chi connectivity index (χ0) is 17.9. The highest BCUT2D eigenvalue weighted by molar-refractivity contribution is 7.89. The fourth-order valence-corrected chi connectivity index (χ4v) is 3.94. The third kappa shape index (κ3) is 4.34. The number of nitrogens with one attached hydrogen (secondary N) is 1. The first kappa shape index (κ1) is 18.9. The van der Waals surface area contributed by atoms with Crippen molar-refractivity contribution >= 4 is 15.9 Å². The number of rotatable bonds is 6. The van der Waals surface area contributed by atoms with E-state index in [9.17, 15) is 13.2 Å². The molecule has 0 aromatic heterocycles. The third-order valence-corrected chi connectivity index (χ3v) is 6.26. The first-order valence-electron chi connectivity index (χ1n) is 8.16. The van der Waals surface area contributed by atoms with Gasteiger partial charge in [-0.25, -0.2) is 8.42 Å². The monoisotopic (exact) mass is 354 g/mol. The van der Waals surface area contributed by atoms with E-state index < -0.39 is 10.0 Å². The van der Waals surface area contributed by atoms with E-state index in [4.69, 9.17) is 4.74 Å². The molecule has 2 unspecified atom stereocenters. The number of nitrogens with zero attached hydrogens (tertiary/aromatic N) is 1. The zero-order valence-electron chi connectivity index (χ0n) is 14.7. The summed E-state index contributed by atoms with van der Waals surface area (Å²) in [6.45, 7) is 6.17. The van der Waals surface area contributed by atoms with Crippen LogP contribution < -0.4 is 5.32 Å². The first-order valence-corrected chi connectivity index (χ1v) is 9.60. The minimum Gasteiger partial charge on any atom is -0.376 e. The summed E-state index contributed by atoms with van der Waals surface area (Å²) in [5, 5.41) is 2.83. The van der Waals surface area contributed by atoms with Crippen molar-refractivity contribution in [3.8, 4) is 0 Å². The largest absolute Gasteiger partial charge is 0.376 e. The van der Waals surface area contributed by atoms with Gasteiger partial charge in [0.1, 0.15) is 0 Å². The van der Waals surface area contributed by atoms with Crippen molar-refractivity contribution in [3.63, 3.8) is 0 Å². The van der Waals surface area contributed by atoms with Gasteiger partial charge in [-0.1, -0.05) is 6.07 Å². The van der Waals surface area contributed by atoms with E-state index in [1.165, 1.54) is 7.05 Å². The zero-order valence-corrected chi connectivity index (χ0v) is 15.5. The molecule has 0 spiro atoms. The van der Waals surface area contributed by atoms with Gasteiger partial charge < -0.3 is 10.1 Å². The number of aryl methyl sites for hydroxylation is 2. The Morgan fingerprint density at radius 1 is 1.38 bits per heavy atom. The molecule has 0 saturated carbocycles. The summed E-state index contributed by atoms with van der Waals surface area (Å²) < 4.78 is 31.8. The highest BCUT2D eigenvalue weighted by atomic mass is 32.2. The number of hydrogen-bond donors (Lipinski definition) is 1. The fraction of sp³-hybridized carbons (Fsp3) is 0.588. The number of carbonyl (C=O) groups is 1. The molecule has 2 rings (SSSR count). The van der Waals surface area contributed by atoms with E-state index in [1.54, 1.807) is 18.2 Å². The molecule has 1 saturated heterocycles. The van der Waals surface area contributed by atoms with Crippen molar-refractivity contribution in [1.29, 1.82) is 0 Å². The summed E-state index contributed by atoms with van der Waals surface area (Å²) in [5.74, 6) is -0.326. The van der Waals surface area contributed by atoms with Gasteiger partial charge in [-0.3, -0.25) is 4.79 Å². The van der Waals surface area contributed by atoms with Crippen LogP contribution in [0, 0.1) is 13.8 Å². The van der Waals surface area contributed by atoms with E-state index in [0.29, 0.717) is 6.61 Å². The smallest absolute Gasteiger partial charge is 0.243 e. The van der Waals surface area contributed by atoms with Crippen LogP contribution in [-0.2, 0) is 19.6 Å². The molecular formula is C17H26N2O4S. The molecule has 1 aliphatic rings. The average molecular weight is 354 g/mol. The van der Waals surface area contributed by atoms with Crippen molar-refractivity contribution < 1.29 is 17.9 Å². The van der Waals surface area contributed by atoms with E-state index in [2.05, 4.69) is 5.32 Å². The van der Waals surface area contributed by atoms with Crippen molar-refractivity contribution in [1.82, 2.24) is 9.62 Å². The Morgan fingerprint density at radius 2 is 2.08 bits per heavy atom. The highest BCUT2D eigenvalue weighted by Gasteiger charge is 2.27. The third-order valence-electron chi connectivity index (χ3n) is 4.46. The van der Waals surface area contributed by atoms with E-state index in [1.807, 2.05) is 20.8 Å².